The lowest BCUT2D eigenvalue weighted by Gasteiger charge is -2.09. The molecule has 176 valence electrons. The van der Waals surface area contributed by atoms with E-state index in [9.17, 15) is 9.59 Å². The Labute approximate surface area is 194 Å². The molecular formula is C24H32N6O3. The quantitative estimate of drug-likeness (QED) is 0.486. The summed E-state index contributed by atoms with van der Waals surface area (Å²) in [5.74, 6) is 0.735. The van der Waals surface area contributed by atoms with Gasteiger partial charge < -0.3 is 15.4 Å². The molecule has 33 heavy (non-hydrogen) atoms. The van der Waals surface area contributed by atoms with Crippen molar-refractivity contribution in [3.8, 4) is 5.75 Å². The van der Waals surface area contributed by atoms with Crippen molar-refractivity contribution in [2.75, 3.05) is 11.9 Å². The van der Waals surface area contributed by atoms with Crippen LogP contribution in [0.1, 0.15) is 67.1 Å². The van der Waals surface area contributed by atoms with Crippen molar-refractivity contribution in [1.29, 1.82) is 0 Å². The summed E-state index contributed by atoms with van der Waals surface area (Å²) in [6, 6.07) is 9.51. The van der Waals surface area contributed by atoms with Gasteiger partial charge in [-0.05, 0) is 42.5 Å². The molecule has 2 aromatic heterocycles. The number of nitrogens with one attached hydrogen (secondary N) is 2. The number of hydrogen-bond donors (Lipinski definition) is 2. The van der Waals surface area contributed by atoms with Crippen molar-refractivity contribution in [2.24, 2.45) is 5.92 Å². The van der Waals surface area contributed by atoms with Crippen LogP contribution < -0.4 is 15.4 Å². The van der Waals surface area contributed by atoms with Gasteiger partial charge in [0.15, 0.2) is 18.1 Å². The standard InChI is InChI=1S/C24H32N6O3/c1-6-29-14-21(22(28-29)24(32)25-13-16(2)3)26-23(31)20-11-12-30(27-20)15-33-19-9-7-18(8-10-19)17(4)5/h7-12,14,16-17H,6,13,15H2,1-5H3,(H,25,32)(H,26,31). The highest BCUT2D eigenvalue weighted by molar-refractivity contribution is 6.07. The van der Waals surface area contributed by atoms with Crippen LogP contribution in [0.2, 0.25) is 0 Å². The number of carbonyl (C=O) groups excluding carboxylic acids is 2. The Kier molecular flexibility index (Phi) is 7.87. The summed E-state index contributed by atoms with van der Waals surface area (Å²) in [6.07, 6.45) is 3.31. The number of aryl methyl sites for hydroxylation is 1. The van der Waals surface area contributed by atoms with Crippen LogP contribution in [0.5, 0.6) is 5.75 Å². The van der Waals surface area contributed by atoms with E-state index in [2.05, 4.69) is 34.7 Å². The van der Waals surface area contributed by atoms with Crippen molar-refractivity contribution in [1.82, 2.24) is 24.9 Å². The van der Waals surface area contributed by atoms with E-state index in [0.717, 1.165) is 5.75 Å². The Morgan fingerprint density at radius 1 is 1.00 bits per heavy atom. The number of ether oxygens (including phenoxy) is 1. The Hall–Kier alpha value is -3.62. The van der Waals surface area contributed by atoms with Crippen molar-refractivity contribution < 1.29 is 14.3 Å². The maximum absolute atomic E-state index is 12.7. The zero-order valence-electron chi connectivity index (χ0n) is 19.8. The van der Waals surface area contributed by atoms with Gasteiger partial charge in [0.1, 0.15) is 5.75 Å². The highest BCUT2D eigenvalue weighted by Gasteiger charge is 2.20. The van der Waals surface area contributed by atoms with Crippen molar-refractivity contribution >= 4 is 17.5 Å². The Balaban J connectivity index is 1.63. The topological polar surface area (TPSA) is 103 Å². The van der Waals surface area contributed by atoms with Gasteiger partial charge in [0, 0.05) is 25.5 Å². The summed E-state index contributed by atoms with van der Waals surface area (Å²) in [4.78, 5) is 25.3. The van der Waals surface area contributed by atoms with Crippen LogP contribution in [0.3, 0.4) is 0 Å². The second-order valence-electron chi connectivity index (χ2n) is 8.54. The summed E-state index contributed by atoms with van der Waals surface area (Å²) in [5.41, 5.74) is 1.98. The summed E-state index contributed by atoms with van der Waals surface area (Å²) in [7, 11) is 0. The van der Waals surface area contributed by atoms with E-state index in [4.69, 9.17) is 4.74 Å². The Bertz CT molecular complexity index is 1080. The molecule has 3 aromatic rings. The molecule has 3 rings (SSSR count). The van der Waals surface area contributed by atoms with Crippen molar-refractivity contribution in [2.45, 2.75) is 53.8 Å². The normalized spacial score (nSPS) is 11.1. The second-order valence-corrected chi connectivity index (χ2v) is 8.54. The molecule has 0 saturated carbocycles. The largest absolute Gasteiger partial charge is 0.471 e. The first-order valence-corrected chi connectivity index (χ1v) is 11.2. The Morgan fingerprint density at radius 2 is 1.73 bits per heavy atom. The highest BCUT2D eigenvalue weighted by atomic mass is 16.5. The minimum Gasteiger partial charge on any atom is -0.471 e. The molecule has 2 heterocycles. The minimum atomic E-state index is -0.427. The maximum atomic E-state index is 12.7. The van der Waals surface area contributed by atoms with E-state index in [1.807, 2.05) is 45.0 Å². The molecule has 0 fully saturated rings. The molecule has 1 aromatic carbocycles. The van der Waals surface area contributed by atoms with Gasteiger partial charge in [0.25, 0.3) is 11.8 Å². The molecule has 0 aliphatic carbocycles. The summed E-state index contributed by atoms with van der Waals surface area (Å²) < 4.78 is 8.90. The fourth-order valence-electron chi connectivity index (χ4n) is 3.05. The SMILES string of the molecule is CCn1cc(NC(=O)c2ccn(COc3ccc(C(C)C)cc3)n2)c(C(=O)NCC(C)C)n1. The molecule has 0 saturated heterocycles. The molecule has 9 nitrogen and oxygen atoms in total. The third-order valence-electron chi connectivity index (χ3n) is 5.00. The average molecular weight is 453 g/mol. The number of hydrogen-bond acceptors (Lipinski definition) is 5. The van der Waals surface area contributed by atoms with Gasteiger partial charge in [0.05, 0.1) is 5.69 Å². The lowest BCUT2D eigenvalue weighted by Crippen LogP contribution is -2.28. The molecule has 2 N–H and O–H groups in total. The smallest absolute Gasteiger partial charge is 0.276 e. The zero-order valence-corrected chi connectivity index (χ0v) is 19.8. The molecule has 0 radical (unpaired) electrons. The average Bonchev–Trinajstić information content (AvgIpc) is 3.43. The lowest BCUT2D eigenvalue weighted by molar-refractivity contribution is 0.0944. The molecule has 0 bridgehead atoms. The first-order chi connectivity index (χ1) is 15.8. The van der Waals surface area contributed by atoms with Gasteiger partial charge in [-0.3, -0.25) is 14.3 Å². The van der Waals surface area contributed by atoms with Crippen LogP contribution in [-0.2, 0) is 13.3 Å². The monoisotopic (exact) mass is 452 g/mol. The highest BCUT2D eigenvalue weighted by Crippen LogP contribution is 2.19. The third kappa shape index (κ3) is 6.44. The van der Waals surface area contributed by atoms with Crippen LogP contribution in [-0.4, -0.2) is 37.9 Å². The predicted octanol–water partition coefficient (Wildman–Crippen LogP) is 3.90. The zero-order chi connectivity index (χ0) is 24.0. The van der Waals surface area contributed by atoms with Crippen LogP contribution in [0.15, 0.2) is 42.7 Å². The van der Waals surface area contributed by atoms with Gasteiger partial charge >= 0.3 is 0 Å². The molecular weight excluding hydrogens is 420 g/mol. The summed E-state index contributed by atoms with van der Waals surface area (Å²) in [6.45, 7) is 11.5. The third-order valence-corrected chi connectivity index (χ3v) is 5.00. The summed E-state index contributed by atoms with van der Waals surface area (Å²) in [5, 5.41) is 14.1. The number of carbonyl (C=O) groups is 2. The van der Waals surface area contributed by atoms with Gasteiger partial charge in [0.2, 0.25) is 0 Å². The minimum absolute atomic E-state index is 0.172. The second kappa shape index (κ2) is 10.8. The predicted molar refractivity (Wildman–Crippen MR) is 126 cm³/mol. The molecule has 0 atom stereocenters. The molecule has 0 aliphatic heterocycles. The van der Waals surface area contributed by atoms with Gasteiger partial charge in [-0.1, -0.05) is 39.8 Å². The fraction of sp³-hybridized carbons (Fsp3) is 0.417. The molecule has 0 unspecified atom stereocenters. The van der Waals surface area contributed by atoms with E-state index in [1.165, 1.54) is 10.2 Å². The first-order valence-electron chi connectivity index (χ1n) is 11.2. The van der Waals surface area contributed by atoms with E-state index < -0.39 is 5.91 Å². The van der Waals surface area contributed by atoms with E-state index in [-0.39, 0.29) is 24.0 Å². The number of nitrogens with zero attached hydrogens (tertiary/aromatic N) is 4. The number of aromatic nitrogens is 4. The number of rotatable bonds is 10. The van der Waals surface area contributed by atoms with Gasteiger partial charge in [-0.25, -0.2) is 4.68 Å². The van der Waals surface area contributed by atoms with E-state index in [1.54, 1.807) is 23.1 Å². The van der Waals surface area contributed by atoms with E-state index >= 15 is 0 Å². The van der Waals surface area contributed by atoms with Gasteiger partial charge in [-0.2, -0.15) is 10.2 Å². The first kappa shape index (κ1) is 24.0. The summed E-state index contributed by atoms with van der Waals surface area (Å²) >= 11 is 0. The number of anilines is 1. The van der Waals surface area contributed by atoms with Crippen molar-refractivity contribution in [3.63, 3.8) is 0 Å². The van der Waals surface area contributed by atoms with Crippen LogP contribution in [0.25, 0.3) is 0 Å². The molecule has 9 heteroatoms. The Morgan fingerprint density at radius 3 is 2.36 bits per heavy atom. The fourth-order valence-corrected chi connectivity index (χ4v) is 3.05. The molecule has 2 amide bonds. The number of benzene rings is 1. The lowest BCUT2D eigenvalue weighted by atomic mass is 10.0. The van der Waals surface area contributed by atoms with Gasteiger partial charge in [-0.15, -0.1) is 0 Å². The van der Waals surface area contributed by atoms with Crippen molar-refractivity contribution in [3.05, 3.63) is 59.7 Å². The van der Waals surface area contributed by atoms with Crippen LogP contribution in [0.4, 0.5) is 5.69 Å². The molecule has 0 spiro atoms. The number of amides is 2. The van der Waals surface area contributed by atoms with E-state index in [0.29, 0.717) is 30.6 Å². The van der Waals surface area contributed by atoms with Crippen LogP contribution in [0, 0.1) is 5.92 Å². The molecule has 0 aliphatic rings. The maximum Gasteiger partial charge on any atom is 0.276 e. The van der Waals surface area contributed by atoms with Crippen LogP contribution >= 0.6 is 0 Å².